The van der Waals surface area contributed by atoms with Gasteiger partial charge in [0.15, 0.2) is 0 Å². The molecular weight excluding hydrogens is 232 g/mol. The maximum atomic E-state index is 11.7. The molecule has 0 amide bonds. The molecule has 2 heterocycles. The number of carbonyl (C=O) groups is 1. The highest BCUT2D eigenvalue weighted by atomic mass is 16.5. The summed E-state index contributed by atoms with van der Waals surface area (Å²) in [6.07, 6.45) is 3.41. The van der Waals surface area contributed by atoms with Gasteiger partial charge in [-0.2, -0.15) is 0 Å². The lowest BCUT2D eigenvalue weighted by atomic mass is 10.2. The normalized spacial score (nSPS) is 10.3. The van der Waals surface area contributed by atoms with Gasteiger partial charge in [-0.25, -0.2) is 4.79 Å². The molecule has 6 heteroatoms. The third-order valence-electron chi connectivity index (χ3n) is 2.48. The summed E-state index contributed by atoms with van der Waals surface area (Å²) < 4.78 is 6.67. The van der Waals surface area contributed by atoms with Crippen LogP contribution in [0.5, 0.6) is 0 Å². The Hall–Kier alpha value is -2.24. The van der Waals surface area contributed by atoms with Gasteiger partial charge in [0.2, 0.25) is 5.82 Å². The molecule has 0 saturated carbocycles. The summed E-state index contributed by atoms with van der Waals surface area (Å²) in [6.45, 7) is 4.40. The van der Waals surface area contributed by atoms with Crippen LogP contribution < -0.4 is 0 Å². The number of carbonyl (C=O) groups excluding carboxylic acids is 1. The smallest absolute Gasteiger partial charge is 0.376 e. The van der Waals surface area contributed by atoms with E-state index in [-0.39, 0.29) is 5.82 Å². The predicted octanol–water partition coefficient (Wildman–Crippen LogP) is 1.21. The monoisotopic (exact) mass is 246 g/mol. The Morgan fingerprint density at radius 2 is 2.06 bits per heavy atom. The van der Waals surface area contributed by atoms with Gasteiger partial charge >= 0.3 is 5.97 Å². The van der Waals surface area contributed by atoms with Crippen LogP contribution in [-0.2, 0) is 11.3 Å². The minimum Gasteiger partial charge on any atom is -0.460 e. The van der Waals surface area contributed by atoms with Crippen LogP contribution in [0.15, 0.2) is 24.5 Å². The lowest BCUT2D eigenvalue weighted by molar-refractivity contribution is 0.0506. The first-order valence-corrected chi connectivity index (χ1v) is 5.68. The average Bonchev–Trinajstić information content (AvgIpc) is 2.73. The van der Waals surface area contributed by atoms with Crippen molar-refractivity contribution in [2.75, 3.05) is 6.61 Å². The van der Waals surface area contributed by atoms with Crippen LogP contribution >= 0.6 is 0 Å². The summed E-state index contributed by atoms with van der Waals surface area (Å²) in [7, 11) is 0. The Kier molecular flexibility index (Phi) is 3.66. The fraction of sp³-hybridized carbons (Fsp3) is 0.333. The molecule has 0 fully saturated rings. The van der Waals surface area contributed by atoms with Gasteiger partial charge in [-0.3, -0.25) is 4.98 Å². The molecule has 0 aliphatic heterocycles. The number of ether oxygens (including phenoxy) is 1. The topological polar surface area (TPSA) is 69.9 Å². The molecule has 0 aromatic carbocycles. The number of esters is 1. The molecule has 0 aliphatic rings. The number of pyridine rings is 1. The van der Waals surface area contributed by atoms with Crippen molar-refractivity contribution in [1.29, 1.82) is 0 Å². The molecule has 18 heavy (non-hydrogen) atoms. The molecular formula is C12H14N4O2. The third-order valence-corrected chi connectivity index (χ3v) is 2.48. The first-order valence-electron chi connectivity index (χ1n) is 5.68. The summed E-state index contributed by atoms with van der Waals surface area (Å²) in [5.41, 5.74) is 1.03. The van der Waals surface area contributed by atoms with Crippen molar-refractivity contribution in [1.82, 2.24) is 19.7 Å². The van der Waals surface area contributed by atoms with Crippen LogP contribution in [-0.4, -0.2) is 32.3 Å². The fourth-order valence-electron chi connectivity index (χ4n) is 1.59. The lowest BCUT2D eigenvalue weighted by Gasteiger charge is -2.07. The van der Waals surface area contributed by atoms with Crippen LogP contribution in [0.2, 0.25) is 0 Å². The van der Waals surface area contributed by atoms with Crippen LogP contribution in [0.3, 0.4) is 0 Å². The molecule has 6 nitrogen and oxygen atoms in total. The molecule has 0 aliphatic carbocycles. The zero-order valence-electron chi connectivity index (χ0n) is 10.3. The highest BCUT2D eigenvalue weighted by molar-refractivity contribution is 5.85. The minimum atomic E-state index is -0.452. The first kappa shape index (κ1) is 12.2. The number of rotatable bonds is 4. The SMILES string of the molecule is CCOC(=O)c1nnc(C)n1Cc1ccncc1. The Labute approximate surface area is 105 Å². The van der Waals surface area contributed by atoms with E-state index in [1.165, 1.54) is 0 Å². The zero-order valence-corrected chi connectivity index (χ0v) is 10.3. The van der Waals surface area contributed by atoms with E-state index >= 15 is 0 Å². The maximum absolute atomic E-state index is 11.7. The lowest BCUT2D eigenvalue weighted by Crippen LogP contribution is -2.15. The number of hydrogen-bond donors (Lipinski definition) is 0. The predicted molar refractivity (Wildman–Crippen MR) is 64.1 cm³/mol. The molecule has 0 N–H and O–H groups in total. The van der Waals surface area contributed by atoms with Crippen molar-refractivity contribution >= 4 is 5.97 Å². The largest absolute Gasteiger partial charge is 0.460 e. The van der Waals surface area contributed by atoms with Gasteiger partial charge in [0, 0.05) is 12.4 Å². The van der Waals surface area contributed by atoms with Crippen molar-refractivity contribution < 1.29 is 9.53 Å². The van der Waals surface area contributed by atoms with E-state index in [1.54, 1.807) is 30.8 Å². The van der Waals surface area contributed by atoms with Gasteiger partial charge in [0.1, 0.15) is 5.82 Å². The Morgan fingerprint density at radius 3 is 2.72 bits per heavy atom. The molecule has 0 saturated heterocycles. The van der Waals surface area contributed by atoms with Crippen LogP contribution in [0, 0.1) is 6.92 Å². The van der Waals surface area contributed by atoms with Gasteiger partial charge in [-0.05, 0) is 31.5 Å². The summed E-state index contributed by atoms with van der Waals surface area (Å²) in [5, 5.41) is 7.77. The Morgan fingerprint density at radius 1 is 1.33 bits per heavy atom. The number of nitrogens with zero attached hydrogens (tertiary/aromatic N) is 4. The molecule has 2 aromatic heterocycles. The zero-order chi connectivity index (χ0) is 13.0. The molecule has 2 aromatic rings. The van der Waals surface area contributed by atoms with Crippen molar-refractivity contribution in [3.63, 3.8) is 0 Å². The summed E-state index contributed by atoms with van der Waals surface area (Å²) in [5.74, 6) is 0.452. The molecule has 94 valence electrons. The van der Waals surface area contributed by atoms with Crippen molar-refractivity contribution in [2.24, 2.45) is 0 Å². The quantitative estimate of drug-likeness (QED) is 0.758. The third kappa shape index (κ3) is 2.53. The van der Waals surface area contributed by atoms with E-state index in [1.807, 2.05) is 12.1 Å². The second kappa shape index (κ2) is 5.39. The molecule has 0 bridgehead atoms. The van der Waals surface area contributed by atoms with Gasteiger partial charge in [0.05, 0.1) is 13.2 Å². The first-order chi connectivity index (χ1) is 8.72. The molecule has 0 radical (unpaired) electrons. The van der Waals surface area contributed by atoms with Crippen molar-refractivity contribution in [2.45, 2.75) is 20.4 Å². The van der Waals surface area contributed by atoms with Crippen LogP contribution in [0.25, 0.3) is 0 Å². The van der Waals surface area contributed by atoms with Gasteiger partial charge in [0.25, 0.3) is 0 Å². The molecule has 0 unspecified atom stereocenters. The number of aryl methyl sites for hydroxylation is 1. The summed E-state index contributed by atoms with van der Waals surface area (Å²) >= 11 is 0. The van der Waals surface area contributed by atoms with Crippen LogP contribution in [0.1, 0.15) is 28.9 Å². The van der Waals surface area contributed by atoms with E-state index in [2.05, 4.69) is 15.2 Å². The standard InChI is InChI=1S/C12H14N4O2/c1-3-18-12(17)11-15-14-9(2)16(11)8-10-4-6-13-7-5-10/h4-7H,3,8H2,1-2H3. The average molecular weight is 246 g/mol. The van der Waals surface area contributed by atoms with E-state index < -0.39 is 5.97 Å². The molecule has 2 rings (SSSR count). The van der Waals surface area contributed by atoms with E-state index in [0.717, 1.165) is 5.56 Å². The van der Waals surface area contributed by atoms with E-state index in [0.29, 0.717) is 19.0 Å². The maximum Gasteiger partial charge on any atom is 0.376 e. The van der Waals surface area contributed by atoms with Gasteiger partial charge in [-0.1, -0.05) is 0 Å². The van der Waals surface area contributed by atoms with E-state index in [4.69, 9.17) is 4.74 Å². The fourth-order valence-corrected chi connectivity index (χ4v) is 1.59. The summed E-state index contributed by atoms with van der Waals surface area (Å²) in [4.78, 5) is 15.7. The highest BCUT2D eigenvalue weighted by Gasteiger charge is 2.17. The Bertz CT molecular complexity index is 536. The van der Waals surface area contributed by atoms with Crippen molar-refractivity contribution in [3.8, 4) is 0 Å². The number of aromatic nitrogens is 4. The Balaban J connectivity index is 2.27. The van der Waals surface area contributed by atoms with Gasteiger partial charge < -0.3 is 9.30 Å². The number of hydrogen-bond acceptors (Lipinski definition) is 5. The van der Waals surface area contributed by atoms with Gasteiger partial charge in [-0.15, -0.1) is 10.2 Å². The van der Waals surface area contributed by atoms with E-state index in [9.17, 15) is 4.79 Å². The summed E-state index contributed by atoms with van der Waals surface area (Å²) in [6, 6.07) is 3.77. The van der Waals surface area contributed by atoms with Crippen LogP contribution in [0.4, 0.5) is 0 Å². The second-order valence-electron chi connectivity index (χ2n) is 3.73. The molecule has 0 spiro atoms. The second-order valence-corrected chi connectivity index (χ2v) is 3.73. The molecule has 0 atom stereocenters. The highest BCUT2D eigenvalue weighted by Crippen LogP contribution is 2.08. The van der Waals surface area contributed by atoms with Crippen molar-refractivity contribution in [3.05, 3.63) is 41.7 Å². The minimum absolute atomic E-state index is 0.228.